The van der Waals surface area contributed by atoms with E-state index in [0.717, 1.165) is 21.7 Å². The quantitative estimate of drug-likeness (QED) is 0.409. The molecule has 0 bridgehead atoms. The minimum absolute atomic E-state index is 0.0234. The topological polar surface area (TPSA) is 122 Å². The molecular weight excluding hydrogens is 502 g/mol. The van der Waals surface area contributed by atoms with Crippen molar-refractivity contribution in [3.8, 4) is 5.75 Å². The molecule has 36 heavy (non-hydrogen) atoms. The second-order valence-electron chi connectivity index (χ2n) is 8.14. The van der Waals surface area contributed by atoms with Crippen molar-refractivity contribution in [1.29, 1.82) is 0 Å². The molecule has 0 fully saturated rings. The van der Waals surface area contributed by atoms with Crippen molar-refractivity contribution in [3.05, 3.63) is 77.9 Å². The first kappa shape index (κ1) is 27.0. The Bertz CT molecular complexity index is 1420. The Hall–Kier alpha value is -3.57. The molecular formula is C25H29N3O6S2. The van der Waals surface area contributed by atoms with Crippen molar-refractivity contribution in [2.45, 2.75) is 25.7 Å². The highest BCUT2D eigenvalue weighted by Gasteiger charge is 2.22. The fourth-order valence-electron chi connectivity index (χ4n) is 3.49. The van der Waals surface area contributed by atoms with Crippen LogP contribution in [0.2, 0.25) is 0 Å². The van der Waals surface area contributed by atoms with E-state index in [-0.39, 0.29) is 4.90 Å². The molecule has 0 heterocycles. The number of rotatable bonds is 10. The Morgan fingerprint density at radius 1 is 0.889 bits per heavy atom. The molecule has 192 valence electrons. The lowest BCUT2D eigenvalue weighted by atomic mass is 10.1. The van der Waals surface area contributed by atoms with Gasteiger partial charge in [0.2, 0.25) is 15.9 Å². The first-order valence-electron chi connectivity index (χ1n) is 11.1. The van der Waals surface area contributed by atoms with Crippen LogP contribution in [0.1, 0.15) is 18.1 Å². The molecule has 3 aromatic carbocycles. The second-order valence-corrected chi connectivity index (χ2v) is 11.7. The lowest BCUT2D eigenvalue weighted by Gasteiger charge is -2.22. The van der Waals surface area contributed by atoms with Crippen LogP contribution in [0.25, 0.3) is 0 Å². The van der Waals surface area contributed by atoms with Crippen molar-refractivity contribution >= 4 is 43.0 Å². The molecule has 11 heteroatoms. The molecule has 0 atom stereocenters. The molecule has 2 N–H and O–H groups in total. The first-order chi connectivity index (χ1) is 16.9. The summed E-state index contributed by atoms with van der Waals surface area (Å²) in [6.07, 6.45) is 1.01. The lowest BCUT2D eigenvalue weighted by molar-refractivity contribution is -0.114. The number of hydrogen-bond acceptors (Lipinski definition) is 6. The van der Waals surface area contributed by atoms with Crippen LogP contribution in [0.3, 0.4) is 0 Å². The summed E-state index contributed by atoms with van der Waals surface area (Å²) in [5, 5.41) is 2.61. The fourth-order valence-corrected chi connectivity index (χ4v) is 5.55. The Balaban J connectivity index is 1.72. The van der Waals surface area contributed by atoms with Gasteiger partial charge in [-0.3, -0.25) is 13.8 Å². The van der Waals surface area contributed by atoms with E-state index in [0.29, 0.717) is 29.4 Å². The molecule has 0 radical (unpaired) electrons. The van der Waals surface area contributed by atoms with Crippen LogP contribution in [0, 0.1) is 13.8 Å². The molecule has 0 aliphatic carbocycles. The van der Waals surface area contributed by atoms with E-state index in [4.69, 9.17) is 4.74 Å². The lowest BCUT2D eigenvalue weighted by Crippen LogP contribution is -2.37. The number of nitrogens with one attached hydrogen (secondary N) is 2. The maximum atomic E-state index is 12.8. The Labute approximate surface area is 212 Å². The minimum atomic E-state index is -3.85. The summed E-state index contributed by atoms with van der Waals surface area (Å²) in [6.45, 7) is 5.48. The molecule has 0 saturated heterocycles. The van der Waals surface area contributed by atoms with Crippen LogP contribution in [-0.2, 0) is 24.8 Å². The molecule has 3 aromatic rings. The van der Waals surface area contributed by atoms with Crippen molar-refractivity contribution in [2.75, 3.05) is 33.8 Å². The van der Waals surface area contributed by atoms with Gasteiger partial charge in [-0.15, -0.1) is 0 Å². The summed E-state index contributed by atoms with van der Waals surface area (Å²) in [5.74, 6) is -0.000142. The smallest absolute Gasteiger partial charge is 0.261 e. The van der Waals surface area contributed by atoms with Gasteiger partial charge in [-0.25, -0.2) is 16.8 Å². The van der Waals surface area contributed by atoms with E-state index in [1.807, 2.05) is 39.0 Å². The number of ether oxygens (including phenoxy) is 1. The predicted molar refractivity (Wildman–Crippen MR) is 142 cm³/mol. The largest absolute Gasteiger partial charge is 0.494 e. The van der Waals surface area contributed by atoms with Gasteiger partial charge in [-0.2, -0.15) is 0 Å². The number of hydrogen-bond donors (Lipinski definition) is 2. The third-order valence-electron chi connectivity index (χ3n) is 5.29. The zero-order chi connectivity index (χ0) is 26.5. The number of sulfonamides is 2. The predicted octanol–water partition coefficient (Wildman–Crippen LogP) is 3.91. The molecule has 1 amide bonds. The Morgan fingerprint density at radius 3 is 2.00 bits per heavy atom. The van der Waals surface area contributed by atoms with Crippen molar-refractivity contribution in [3.63, 3.8) is 0 Å². The van der Waals surface area contributed by atoms with Crippen LogP contribution in [0.4, 0.5) is 17.1 Å². The van der Waals surface area contributed by atoms with Gasteiger partial charge in [0.15, 0.2) is 0 Å². The normalized spacial score (nSPS) is 11.6. The number of nitrogens with zero attached hydrogens (tertiary/aromatic N) is 1. The number of aryl methyl sites for hydroxylation is 2. The molecule has 3 rings (SSSR count). The maximum absolute atomic E-state index is 12.8. The molecule has 0 aromatic heterocycles. The molecule has 0 spiro atoms. The number of amides is 1. The SMILES string of the molecule is CCOc1ccc(N(CC(=O)Nc2ccc(S(=O)(=O)Nc3c(C)cccc3C)cc2)S(C)(=O)=O)cc1. The van der Waals surface area contributed by atoms with E-state index in [1.165, 1.54) is 24.3 Å². The van der Waals surface area contributed by atoms with Gasteiger partial charge < -0.3 is 10.1 Å². The van der Waals surface area contributed by atoms with Gasteiger partial charge in [0.25, 0.3) is 10.0 Å². The average Bonchev–Trinajstić information content (AvgIpc) is 2.80. The van der Waals surface area contributed by atoms with Crippen molar-refractivity contribution in [1.82, 2.24) is 0 Å². The van der Waals surface area contributed by atoms with E-state index in [2.05, 4.69) is 10.0 Å². The monoisotopic (exact) mass is 531 g/mol. The third kappa shape index (κ3) is 6.76. The summed E-state index contributed by atoms with van der Waals surface area (Å²) >= 11 is 0. The van der Waals surface area contributed by atoms with Gasteiger partial charge in [0.05, 0.1) is 29.1 Å². The number of carbonyl (C=O) groups excluding carboxylic acids is 1. The minimum Gasteiger partial charge on any atom is -0.494 e. The summed E-state index contributed by atoms with van der Waals surface area (Å²) < 4.78 is 59.3. The maximum Gasteiger partial charge on any atom is 0.261 e. The zero-order valence-corrected chi connectivity index (χ0v) is 22.1. The Morgan fingerprint density at radius 2 is 1.47 bits per heavy atom. The van der Waals surface area contributed by atoms with Crippen LogP contribution >= 0.6 is 0 Å². The number of anilines is 3. The van der Waals surface area contributed by atoms with Crippen LogP contribution in [-0.4, -0.2) is 42.2 Å². The second kappa shape index (κ2) is 11.0. The molecule has 0 aliphatic heterocycles. The highest BCUT2D eigenvalue weighted by molar-refractivity contribution is 7.92. The fraction of sp³-hybridized carbons (Fsp3) is 0.240. The number of carbonyl (C=O) groups is 1. The first-order valence-corrected chi connectivity index (χ1v) is 14.4. The summed E-state index contributed by atoms with van der Waals surface area (Å²) in [5.41, 5.74) is 2.75. The summed E-state index contributed by atoms with van der Waals surface area (Å²) in [7, 11) is -7.60. The standard InChI is InChI=1S/C25H29N3O6S2/c1-5-34-22-13-11-21(12-14-22)28(35(4,30)31)17-24(29)26-20-9-15-23(16-10-20)36(32,33)27-25-18(2)7-6-8-19(25)3/h6-16,27H,5,17H2,1-4H3,(H,26,29). The van der Waals surface area contributed by atoms with E-state index in [1.54, 1.807) is 24.3 Å². The van der Waals surface area contributed by atoms with Crippen molar-refractivity contribution < 1.29 is 26.4 Å². The number of benzene rings is 3. The summed E-state index contributed by atoms with van der Waals surface area (Å²) in [4.78, 5) is 12.7. The van der Waals surface area contributed by atoms with Gasteiger partial charge >= 0.3 is 0 Å². The average molecular weight is 532 g/mol. The van der Waals surface area contributed by atoms with Crippen LogP contribution in [0.15, 0.2) is 71.6 Å². The van der Waals surface area contributed by atoms with Crippen LogP contribution in [0.5, 0.6) is 5.75 Å². The number of para-hydroxylation sites is 1. The highest BCUT2D eigenvalue weighted by Crippen LogP contribution is 2.25. The summed E-state index contributed by atoms with van der Waals surface area (Å²) in [6, 6.07) is 17.5. The molecule has 0 aliphatic rings. The van der Waals surface area contributed by atoms with Gasteiger partial charge in [0.1, 0.15) is 12.3 Å². The van der Waals surface area contributed by atoms with E-state index >= 15 is 0 Å². The molecule has 0 unspecified atom stereocenters. The van der Waals surface area contributed by atoms with Gasteiger partial charge in [-0.1, -0.05) is 18.2 Å². The zero-order valence-electron chi connectivity index (χ0n) is 20.5. The third-order valence-corrected chi connectivity index (χ3v) is 7.80. The van der Waals surface area contributed by atoms with Gasteiger partial charge in [-0.05, 0) is 80.4 Å². The van der Waals surface area contributed by atoms with Crippen molar-refractivity contribution in [2.24, 2.45) is 0 Å². The Kier molecular flexibility index (Phi) is 8.26. The van der Waals surface area contributed by atoms with E-state index < -0.39 is 32.5 Å². The molecule has 0 saturated carbocycles. The highest BCUT2D eigenvalue weighted by atomic mass is 32.2. The van der Waals surface area contributed by atoms with Crippen LogP contribution < -0.4 is 19.1 Å². The van der Waals surface area contributed by atoms with Gasteiger partial charge in [0, 0.05) is 5.69 Å². The molecule has 9 nitrogen and oxygen atoms in total. The van der Waals surface area contributed by atoms with E-state index in [9.17, 15) is 21.6 Å².